The monoisotopic (exact) mass is 445 g/mol. The normalized spacial score (nSPS) is 11.3. The van der Waals surface area contributed by atoms with E-state index in [4.69, 9.17) is 17.3 Å². The number of aromatic amines is 1. The Morgan fingerprint density at radius 3 is 2.91 bits per heavy atom. The standard InChI is InChI=1S/C23H20ClN7O/c1-13-3-2-4-14(5-13)23(32)26-9-18-8-15-6-17(24)7-16(19(15)30-18)10-31-12-29-20-21(25)27-11-28-22(20)31/h2-8,11-12,30H,9-10H2,1H3,(H,26,32)(H2,25,27,28). The van der Waals surface area contributed by atoms with E-state index in [1.54, 1.807) is 12.4 Å². The number of nitrogens with zero attached hydrogens (tertiary/aromatic N) is 4. The number of hydrogen-bond donors (Lipinski definition) is 3. The summed E-state index contributed by atoms with van der Waals surface area (Å²) >= 11 is 6.38. The summed E-state index contributed by atoms with van der Waals surface area (Å²) < 4.78 is 1.90. The highest BCUT2D eigenvalue weighted by atomic mass is 35.5. The Hall–Kier alpha value is -3.91. The first kappa shape index (κ1) is 20.0. The molecule has 32 heavy (non-hydrogen) atoms. The fourth-order valence-corrected chi connectivity index (χ4v) is 4.07. The smallest absolute Gasteiger partial charge is 0.251 e. The Labute approximate surface area is 188 Å². The fraction of sp³-hybridized carbons (Fsp3) is 0.130. The summed E-state index contributed by atoms with van der Waals surface area (Å²) in [7, 11) is 0. The van der Waals surface area contributed by atoms with Gasteiger partial charge in [0.05, 0.1) is 24.9 Å². The van der Waals surface area contributed by atoms with Gasteiger partial charge in [-0.2, -0.15) is 0 Å². The van der Waals surface area contributed by atoms with Gasteiger partial charge in [0, 0.05) is 21.7 Å². The number of carbonyl (C=O) groups excluding carboxylic acids is 1. The minimum absolute atomic E-state index is 0.118. The number of carbonyl (C=O) groups is 1. The maximum atomic E-state index is 12.5. The summed E-state index contributed by atoms with van der Waals surface area (Å²) in [6.45, 7) is 2.83. The lowest BCUT2D eigenvalue weighted by Gasteiger charge is -2.07. The maximum absolute atomic E-state index is 12.5. The number of nitrogen functional groups attached to an aromatic ring is 1. The van der Waals surface area contributed by atoms with Crippen molar-refractivity contribution in [2.75, 3.05) is 5.73 Å². The molecule has 0 saturated carbocycles. The van der Waals surface area contributed by atoms with E-state index in [0.717, 1.165) is 27.7 Å². The molecule has 4 N–H and O–H groups in total. The summed E-state index contributed by atoms with van der Waals surface area (Å²) in [5.41, 5.74) is 11.6. The van der Waals surface area contributed by atoms with Gasteiger partial charge < -0.3 is 20.6 Å². The van der Waals surface area contributed by atoms with Crippen LogP contribution in [0.2, 0.25) is 5.02 Å². The second-order valence-electron chi connectivity index (χ2n) is 7.68. The van der Waals surface area contributed by atoms with Crippen molar-refractivity contribution in [3.63, 3.8) is 0 Å². The van der Waals surface area contributed by atoms with E-state index in [9.17, 15) is 4.79 Å². The van der Waals surface area contributed by atoms with E-state index in [2.05, 4.69) is 25.3 Å². The number of nitrogens with one attached hydrogen (secondary N) is 2. The van der Waals surface area contributed by atoms with Crippen molar-refractivity contribution in [1.82, 2.24) is 29.8 Å². The molecule has 5 aromatic rings. The molecule has 3 heterocycles. The number of aryl methyl sites for hydroxylation is 1. The SMILES string of the molecule is Cc1cccc(C(=O)NCc2cc3cc(Cl)cc(Cn4cnc5c(N)ncnc54)c3[nH]2)c1. The van der Waals surface area contributed by atoms with E-state index in [1.807, 2.05) is 47.9 Å². The minimum atomic E-state index is -0.118. The Morgan fingerprint density at radius 1 is 1.19 bits per heavy atom. The predicted octanol–water partition coefficient (Wildman–Crippen LogP) is 3.83. The van der Waals surface area contributed by atoms with Crippen molar-refractivity contribution < 1.29 is 4.79 Å². The average molecular weight is 446 g/mol. The number of nitrogens with two attached hydrogens (primary N) is 1. The predicted molar refractivity (Wildman–Crippen MR) is 124 cm³/mol. The molecular weight excluding hydrogens is 426 g/mol. The number of imidazole rings is 1. The molecule has 0 saturated heterocycles. The number of fused-ring (bicyclic) bond motifs is 2. The third kappa shape index (κ3) is 3.76. The van der Waals surface area contributed by atoms with E-state index < -0.39 is 0 Å². The third-order valence-corrected chi connectivity index (χ3v) is 5.54. The van der Waals surface area contributed by atoms with Crippen LogP contribution in [0.3, 0.4) is 0 Å². The van der Waals surface area contributed by atoms with Crippen LogP contribution in [0.15, 0.2) is 55.1 Å². The van der Waals surface area contributed by atoms with Gasteiger partial charge in [-0.25, -0.2) is 15.0 Å². The molecule has 3 aromatic heterocycles. The van der Waals surface area contributed by atoms with Gasteiger partial charge in [-0.05, 0) is 42.8 Å². The van der Waals surface area contributed by atoms with Gasteiger partial charge in [0.1, 0.15) is 11.8 Å². The second-order valence-corrected chi connectivity index (χ2v) is 8.12. The quantitative estimate of drug-likeness (QED) is 0.380. The van der Waals surface area contributed by atoms with E-state index in [0.29, 0.717) is 40.7 Å². The molecule has 0 aliphatic rings. The zero-order valence-electron chi connectivity index (χ0n) is 17.3. The van der Waals surface area contributed by atoms with Crippen LogP contribution in [0, 0.1) is 6.92 Å². The molecule has 1 amide bonds. The lowest BCUT2D eigenvalue weighted by atomic mass is 10.1. The molecule has 2 aromatic carbocycles. The van der Waals surface area contributed by atoms with Crippen LogP contribution in [-0.2, 0) is 13.1 Å². The molecule has 0 unspecified atom stereocenters. The first-order valence-electron chi connectivity index (χ1n) is 10.0. The summed E-state index contributed by atoms with van der Waals surface area (Å²) in [5, 5.41) is 4.55. The van der Waals surface area contributed by atoms with Gasteiger partial charge in [-0.1, -0.05) is 29.3 Å². The van der Waals surface area contributed by atoms with Crippen molar-refractivity contribution >= 4 is 45.4 Å². The largest absolute Gasteiger partial charge is 0.382 e. The van der Waals surface area contributed by atoms with Crippen molar-refractivity contribution in [2.45, 2.75) is 20.0 Å². The molecular formula is C23H20ClN7O. The van der Waals surface area contributed by atoms with E-state index in [-0.39, 0.29) is 5.91 Å². The van der Waals surface area contributed by atoms with Crippen LogP contribution in [0.25, 0.3) is 22.1 Å². The topological polar surface area (TPSA) is 115 Å². The van der Waals surface area contributed by atoms with Crippen LogP contribution < -0.4 is 11.1 Å². The number of halogens is 1. The van der Waals surface area contributed by atoms with Crippen molar-refractivity contribution in [3.05, 3.63) is 82.5 Å². The van der Waals surface area contributed by atoms with E-state index in [1.165, 1.54) is 6.33 Å². The van der Waals surface area contributed by atoms with Crippen LogP contribution in [0.1, 0.15) is 27.2 Å². The number of benzene rings is 2. The van der Waals surface area contributed by atoms with Crippen LogP contribution in [-0.4, -0.2) is 30.4 Å². The molecule has 9 heteroatoms. The molecule has 160 valence electrons. The van der Waals surface area contributed by atoms with Gasteiger partial charge in [-0.15, -0.1) is 0 Å². The molecule has 0 fully saturated rings. The first-order valence-corrected chi connectivity index (χ1v) is 10.4. The summed E-state index contributed by atoms with van der Waals surface area (Å²) in [4.78, 5) is 28.5. The highest BCUT2D eigenvalue weighted by Gasteiger charge is 2.13. The van der Waals surface area contributed by atoms with Crippen LogP contribution in [0.5, 0.6) is 0 Å². The van der Waals surface area contributed by atoms with Gasteiger partial charge >= 0.3 is 0 Å². The molecule has 0 atom stereocenters. The zero-order chi connectivity index (χ0) is 22.2. The van der Waals surface area contributed by atoms with Crippen molar-refractivity contribution in [1.29, 1.82) is 0 Å². The molecule has 0 radical (unpaired) electrons. The molecule has 0 aliphatic carbocycles. The summed E-state index contributed by atoms with van der Waals surface area (Å²) in [6.07, 6.45) is 3.11. The number of hydrogen-bond acceptors (Lipinski definition) is 5. The maximum Gasteiger partial charge on any atom is 0.251 e. The molecule has 0 spiro atoms. The van der Waals surface area contributed by atoms with Crippen molar-refractivity contribution in [3.8, 4) is 0 Å². The fourth-order valence-electron chi connectivity index (χ4n) is 3.82. The Kier molecular flexibility index (Phi) is 4.99. The van der Waals surface area contributed by atoms with Crippen LogP contribution >= 0.6 is 11.6 Å². The lowest BCUT2D eigenvalue weighted by Crippen LogP contribution is -2.22. The number of aromatic nitrogens is 5. The lowest BCUT2D eigenvalue weighted by molar-refractivity contribution is 0.0950. The Balaban J connectivity index is 1.42. The highest BCUT2D eigenvalue weighted by molar-refractivity contribution is 6.31. The van der Waals surface area contributed by atoms with Gasteiger partial charge in [0.2, 0.25) is 0 Å². The molecule has 5 rings (SSSR count). The highest BCUT2D eigenvalue weighted by Crippen LogP contribution is 2.26. The first-order chi connectivity index (χ1) is 15.5. The van der Waals surface area contributed by atoms with Gasteiger partial charge in [0.15, 0.2) is 11.5 Å². The average Bonchev–Trinajstić information content (AvgIpc) is 3.37. The zero-order valence-corrected chi connectivity index (χ0v) is 18.0. The number of H-pyrrole nitrogens is 1. The molecule has 8 nitrogen and oxygen atoms in total. The third-order valence-electron chi connectivity index (χ3n) is 5.32. The number of amides is 1. The summed E-state index contributed by atoms with van der Waals surface area (Å²) in [6, 6.07) is 13.3. The molecule has 0 bridgehead atoms. The van der Waals surface area contributed by atoms with E-state index >= 15 is 0 Å². The van der Waals surface area contributed by atoms with Gasteiger partial charge in [0.25, 0.3) is 5.91 Å². The molecule has 0 aliphatic heterocycles. The number of rotatable bonds is 5. The number of anilines is 1. The Bertz CT molecular complexity index is 1470. The van der Waals surface area contributed by atoms with Crippen LogP contribution in [0.4, 0.5) is 5.82 Å². The minimum Gasteiger partial charge on any atom is -0.382 e. The Morgan fingerprint density at radius 2 is 2.06 bits per heavy atom. The summed E-state index contributed by atoms with van der Waals surface area (Å²) in [5.74, 6) is 0.226. The van der Waals surface area contributed by atoms with Crippen molar-refractivity contribution in [2.24, 2.45) is 0 Å². The second kappa shape index (κ2) is 7.97. The van der Waals surface area contributed by atoms with Gasteiger partial charge in [-0.3, -0.25) is 4.79 Å².